The topological polar surface area (TPSA) is 117 Å². The molecule has 2 saturated heterocycles. The van der Waals surface area contributed by atoms with Gasteiger partial charge in [0.2, 0.25) is 0 Å². The number of esters is 2. The summed E-state index contributed by atoms with van der Waals surface area (Å²) in [5.74, 6) is -2.60. The summed E-state index contributed by atoms with van der Waals surface area (Å²) in [5, 5.41) is 31.5. The number of nitrogens with zero attached hydrogens (tertiary/aromatic N) is 1. The molecule has 0 aromatic rings. The Hall–Kier alpha value is -1.48. The van der Waals surface area contributed by atoms with Gasteiger partial charge in [-0.3, -0.25) is 4.90 Å². The first-order valence-electron chi connectivity index (χ1n) is 9.01. The summed E-state index contributed by atoms with van der Waals surface area (Å²) in [6, 6.07) is -0.216. The van der Waals surface area contributed by atoms with E-state index in [-0.39, 0.29) is 19.1 Å². The average Bonchev–Trinajstić information content (AvgIpc) is 3.14. The highest BCUT2D eigenvalue weighted by molar-refractivity contribution is 5.82. The van der Waals surface area contributed by atoms with Gasteiger partial charge >= 0.3 is 11.9 Å². The standard InChI is InChI=1S/C18H27NO7/c1-10-8-18(24,11(2)20)16(22)26-13-5-7-19-6-4-12(14(13)19)9-25-15(21)17(10,3)23/h4,10-11,13-14,20,23-24H,5-9H2,1-3H3/t10?,11?,13?,14?,17-,18+/m1/s1. The van der Waals surface area contributed by atoms with E-state index in [4.69, 9.17) is 9.47 Å². The van der Waals surface area contributed by atoms with Crippen molar-refractivity contribution in [1.29, 1.82) is 0 Å². The maximum atomic E-state index is 12.7. The highest BCUT2D eigenvalue weighted by Gasteiger charge is 2.52. The maximum Gasteiger partial charge on any atom is 0.341 e. The van der Waals surface area contributed by atoms with E-state index in [1.807, 2.05) is 6.08 Å². The minimum atomic E-state index is -2.22. The van der Waals surface area contributed by atoms with Crippen molar-refractivity contribution < 1.29 is 34.4 Å². The van der Waals surface area contributed by atoms with Crippen LogP contribution in [-0.4, -0.2) is 81.3 Å². The lowest BCUT2D eigenvalue weighted by Gasteiger charge is -2.37. The van der Waals surface area contributed by atoms with Gasteiger partial charge in [-0.25, -0.2) is 9.59 Å². The summed E-state index contributed by atoms with van der Waals surface area (Å²) < 4.78 is 10.9. The molecule has 3 aliphatic heterocycles. The molecule has 3 heterocycles. The van der Waals surface area contributed by atoms with Crippen LogP contribution in [0, 0.1) is 5.92 Å². The molecule has 3 N–H and O–H groups in total. The van der Waals surface area contributed by atoms with Crippen LogP contribution in [-0.2, 0) is 19.1 Å². The van der Waals surface area contributed by atoms with Crippen LogP contribution in [0.2, 0.25) is 0 Å². The van der Waals surface area contributed by atoms with Crippen molar-refractivity contribution in [3.8, 4) is 0 Å². The second kappa shape index (κ2) is 6.60. The number of ether oxygens (including phenoxy) is 2. The molecule has 0 bridgehead atoms. The summed E-state index contributed by atoms with van der Waals surface area (Å²) in [5.41, 5.74) is -3.33. The Morgan fingerprint density at radius 1 is 1.31 bits per heavy atom. The molecule has 6 atom stereocenters. The zero-order valence-corrected chi connectivity index (χ0v) is 15.3. The van der Waals surface area contributed by atoms with Crippen LogP contribution >= 0.6 is 0 Å². The fraction of sp³-hybridized carbons (Fsp3) is 0.778. The van der Waals surface area contributed by atoms with E-state index in [0.717, 1.165) is 12.1 Å². The van der Waals surface area contributed by atoms with Crippen molar-refractivity contribution in [3.05, 3.63) is 11.6 Å². The van der Waals surface area contributed by atoms with Gasteiger partial charge in [-0.05, 0) is 38.2 Å². The Kier molecular flexibility index (Phi) is 4.89. The monoisotopic (exact) mass is 369 g/mol. The summed E-state index contributed by atoms with van der Waals surface area (Å²) in [6.45, 7) is 5.50. The normalized spacial score (nSPS) is 42.8. The van der Waals surface area contributed by atoms with Crippen LogP contribution < -0.4 is 0 Å². The van der Waals surface area contributed by atoms with Crippen molar-refractivity contribution in [1.82, 2.24) is 4.90 Å². The molecule has 146 valence electrons. The van der Waals surface area contributed by atoms with Crippen molar-refractivity contribution in [2.75, 3.05) is 19.7 Å². The summed E-state index contributed by atoms with van der Waals surface area (Å²) in [4.78, 5) is 27.3. The van der Waals surface area contributed by atoms with Gasteiger partial charge in [-0.1, -0.05) is 13.0 Å². The molecule has 0 aliphatic carbocycles. The van der Waals surface area contributed by atoms with Crippen LogP contribution in [0.1, 0.15) is 33.6 Å². The van der Waals surface area contributed by atoms with Gasteiger partial charge < -0.3 is 24.8 Å². The molecule has 8 nitrogen and oxygen atoms in total. The molecule has 8 heteroatoms. The predicted molar refractivity (Wildman–Crippen MR) is 89.9 cm³/mol. The van der Waals surface area contributed by atoms with Gasteiger partial charge in [-0.2, -0.15) is 0 Å². The van der Waals surface area contributed by atoms with Crippen LogP contribution in [0.5, 0.6) is 0 Å². The number of aliphatic hydroxyl groups is 3. The lowest BCUT2D eigenvalue weighted by molar-refractivity contribution is -0.193. The number of cyclic esters (lactones) is 1. The van der Waals surface area contributed by atoms with Crippen molar-refractivity contribution in [2.24, 2.45) is 5.92 Å². The number of hydrogen-bond donors (Lipinski definition) is 3. The van der Waals surface area contributed by atoms with Crippen molar-refractivity contribution in [2.45, 2.75) is 63.1 Å². The molecule has 26 heavy (non-hydrogen) atoms. The minimum Gasteiger partial charge on any atom is -0.459 e. The highest BCUT2D eigenvalue weighted by atomic mass is 16.6. The Bertz CT molecular complexity index is 629. The summed E-state index contributed by atoms with van der Waals surface area (Å²) in [7, 11) is 0. The summed E-state index contributed by atoms with van der Waals surface area (Å²) >= 11 is 0. The lowest BCUT2D eigenvalue weighted by atomic mass is 9.79. The third-order valence-electron chi connectivity index (χ3n) is 6.08. The van der Waals surface area contributed by atoms with Crippen molar-refractivity contribution in [3.63, 3.8) is 0 Å². The average molecular weight is 369 g/mol. The Balaban J connectivity index is 1.97. The maximum absolute atomic E-state index is 12.7. The lowest BCUT2D eigenvalue weighted by Crippen LogP contribution is -2.56. The first kappa shape index (κ1) is 19.3. The van der Waals surface area contributed by atoms with Gasteiger partial charge in [0.25, 0.3) is 0 Å². The molecular weight excluding hydrogens is 342 g/mol. The molecule has 2 fully saturated rings. The zero-order chi connectivity index (χ0) is 19.3. The van der Waals surface area contributed by atoms with Crippen LogP contribution in [0.25, 0.3) is 0 Å². The van der Waals surface area contributed by atoms with Gasteiger partial charge in [0, 0.05) is 13.1 Å². The number of hydrogen-bond acceptors (Lipinski definition) is 8. The number of carbonyl (C=O) groups excluding carboxylic acids is 2. The first-order valence-corrected chi connectivity index (χ1v) is 9.01. The Morgan fingerprint density at radius 2 is 2.00 bits per heavy atom. The molecule has 4 unspecified atom stereocenters. The van der Waals surface area contributed by atoms with Gasteiger partial charge in [0.1, 0.15) is 12.7 Å². The third kappa shape index (κ3) is 3.05. The van der Waals surface area contributed by atoms with E-state index in [0.29, 0.717) is 13.0 Å². The molecule has 0 radical (unpaired) electrons. The van der Waals surface area contributed by atoms with Crippen LogP contribution in [0.3, 0.4) is 0 Å². The molecule has 0 aromatic heterocycles. The first-order chi connectivity index (χ1) is 12.1. The molecular formula is C18H27NO7. The fourth-order valence-electron chi connectivity index (χ4n) is 3.95. The molecule has 0 spiro atoms. The molecule has 3 rings (SSSR count). The Labute approximate surface area is 152 Å². The minimum absolute atomic E-state index is 0.0254. The second-order valence-electron chi connectivity index (χ2n) is 7.88. The number of carbonyl (C=O) groups is 2. The van der Waals surface area contributed by atoms with Crippen molar-refractivity contribution >= 4 is 11.9 Å². The summed E-state index contributed by atoms with van der Waals surface area (Å²) in [6.07, 6.45) is 0.293. The Morgan fingerprint density at radius 3 is 2.65 bits per heavy atom. The number of aliphatic hydroxyl groups excluding tert-OH is 1. The van der Waals surface area contributed by atoms with E-state index >= 15 is 0 Å². The van der Waals surface area contributed by atoms with Gasteiger partial charge in [-0.15, -0.1) is 0 Å². The SMILES string of the molecule is CC1C[C@](O)(C(C)O)C(=O)OC2CCN3CC=C(COC(=O)[C@]1(C)O)C23. The van der Waals surface area contributed by atoms with E-state index in [1.165, 1.54) is 20.8 Å². The van der Waals surface area contributed by atoms with E-state index < -0.39 is 41.3 Å². The van der Waals surface area contributed by atoms with Crippen LogP contribution in [0.4, 0.5) is 0 Å². The van der Waals surface area contributed by atoms with Gasteiger partial charge in [0.15, 0.2) is 11.2 Å². The second-order valence-corrected chi connectivity index (χ2v) is 7.88. The molecule has 3 aliphatic rings. The molecule has 0 saturated carbocycles. The smallest absolute Gasteiger partial charge is 0.341 e. The van der Waals surface area contributed by atoms with E-state index in [9.17, 15) is 24.9 Å². The molecule has 0 aromatic carbocycles. The van der Waals surface area contributed by atoms with E-state index in [2.05, 4.69) is 4.90 Å². The quantitative estimate of drug-likeness (QED) is 0.413. The number of rotatable bonds is 1. The molecule has 0 amide bonds. The predicted octanol–water partition coefficient (Wildman–Crippen LogP) is -0.642. The largest absolute Gasteiger partial charge is 0.459 e. The van der Waals surface area contributed by atoms with Gasteiger partial charge in [0.05, 0.1) is 12.1 Å². The van der Waals surface area contributed by atoms with Crippen LogP contribution in [0.15, 0.2) is 11.6 Å². The fourth-order valence-corrected chi connectivity index (χ4v) is 3.95. The third-order valence-corrected chi connectivity index (χ3v) is 6.08. The van der Waals surface area contributed by atoms with E-state index in [1.54, 1.807) is 0 Å². The highest BCUT2D eigenvalue weighted by Crippen LogP contribution is 2.36. The zero-order valence-electron chi connectivity index (χ0n) is 15.3.